The van der Waals surface area contributed by atoms with E-state index in [1.54, 1.807) is 32.4 Å². The number of aliphatic hydroxyl groups is 1. The number of nitrogens with zero attached hydrogens (tertiary/aromatic N) is 3. The summed E-state index contributed by atoms with van der Waals surface area (Å²) in [5, 5.41) is 15.4. The lowest BCUT2D eigenvalue weighted by Gasteiger charge is -2.29. The van der Waals surface area contributed by atoms with Crippen molar-refractivity contribution in [3.8, 4) is 11.1 Å². The maximum atomic E-state index is 10.1. The minimum atomic E-state index is -1.06. The Balaban J connectivity index is 1.68. The number of nitrogens with one attached hydrogen (secondary N) is 1. The van der Waals surface area contributed by atoms with Crippen molar-refractivity contribution in [3.63, 3.8) is 0 Å². The summed E-state index contributed by atoms with van der Waals surface area (Å²) in [6.07, 6.45) is 11.7. The molecule has 6 heteroatoms. The van der Waals surface area contributed by atoms with E-state index in [0.717, 1.165) is 27.7 Å². The van der Waals surface area contributed by atoms with E-state index in [9.17, 15) is 5.11 Å². The minimum absolute atomic E-state index is 0.353. The van der Waals surface area contributed by atoms with E-state index in [4.69, 9.17) is 11.6 Å². The summed E-state index contributed by atoms with van der Waals surface area (Å²) >= 11 is 6.58. The van der Waals surface area contributed by atoms with Crippen LogP contribution in [0, 0.1) is 5.92 Å². The molecular formula is C24H29ClN4O. The molecule has 0 bridgehead atoms. The number of rotatable bonds is 5. The first-order valence-electron chi connectivity index (χ1n) is 10.7. The molecule has 4 rings (SSSR count). The zero-order chi connectivity index (χ0) is 21.3. The molecule has 0 radical (unpaired) electrons. The van der Waals surface area contributed by atoms with Crippen LogP contribution >= 0.6 is 11.6 Å². The van der Waals surface area contributed by atoms with Crippen LogP contribution in [-0.2, 0) is 5.60 Å². The molecule has 1 aliphatic carbocycles. The maximum absolute atomic E-state index is 10.1. The van der Waals surface area contributed by atoms with Crippen LogP contribution in [0.25, 0.3) is 22.0 Å². The second-order valence-corrected chi connectivity index (χ2v) is 9.31. The summed E-state index contributed by atoms with van der Waals surface area (Å²) < 4.78 is 0. The highest BCUT2D eigenvalue weighted by atomic mass is 35.5. The van der Waals surface area contributed by atoms with Crippen LogP contribution in [0.4, 0.5) is 5.69 Å². The number of hydrogen-bond acceptors (Lipinski definition) is 5. The Morgan fingerprint density at radius 1 is 1.03 bits per heavy atom. The third-order valence-corrected chi connectivity index (χ3v) is 6.37. The molecule has 1 atom stereocenters. The van der Waals surface area contributed by atoms with Gasteiger partial charge in [-0.15, -0.1) is 0 Å². The predicted molar refractivity (Wildman–Crippen MR) is 123 cm³/mol. The number of anilines is 1. The van der Waals surface area contributed by atoms with Crippen molar-refractivity contribution in [3.05, 3.63) is 47.6 Å². The van der Waals surface area contributed by atoms with Gasteiger partial charge in [0.05, 0.1) is 16.2 Å². The molecule has 0 spiro atoms. The van der Waals surface area contributed by atoms with E-state index < -0.39 is 5.60 Å². The first-order chi connectivity index (χ1) is 14.3. The van der Waals surface area contributed by atoms with Crippen LogP contribution in [0.3, 0.4) is 0 Å². The second kappa shape index (κ2) is 8.48. The molecule has 1 saturated carbocycles. The van der Waals surface area contributed by atoms with Gasteiger partial charge >= 0.3 is 0 Å². The fourth-order valence-corrected chi connectivity index (χ4v) is 4.47. The Morgan fingerprint density at radius 2 is 1.73 bits per heavy atom. The number of halogens is 1. The second-order valence-electron chi connectivity index (χ2n) is 8.90. The van der Waals surface area contributed by atoms with Crippen LogP contribution in [0.1, 0.15) is 58.7 Å². The first kappa shape index (κ1) is 21.0. The molecule has 2 aromatic heterocycles. The quantitative estimate of drug-likeness (QED) is 0.529. The van der Waals surface area contributed by atoms with E-state index in [1.165, 1.54) is 32.1 Å². The number of hydrogen-bond donors (Lipinski definition) is 2. The fraction of sp³-hybridized carbons (Fsp3) is 0.458. The largest absolute Gasteiger partial charge is 0.382 e. The number of pyridine rings is 1. The standard InChI is InChI=1S/C24H29ClN4O/c1-15(16-7-5-4-6-8-16)29-22-19-11-17(9-10-21(19)26-14-20(22)25)18-12-27-23(28-13-18)24(2,3)30/h9-16,30H,4-8H2,1-3H3,(H,26,29). The average Bonchev–Trinajstić information content (AvgIpc) is 2.75. The summed E-state index contributed by atoms with van der Waals surface area (Å²) in [5.74, 6) is 1.07. The van der Waals surface area contributed by atoms with Gasteiger partial charge in [-0.3, -0.25) is 4.98 Å². The van der Waals surface area contributed by atoms with Crippen LogP contribution in [0.15, 0.2) is 36.8 Å². The average molecular weight is 425 g/mol. The van der Waals surface area contributed by atoms with Crippen molar-refractivity contribution in [2.75, 3.05) is 5.32 Å². The summed E-state index contributed by atoms with van der Waals surface area (Å²) in [7, 11) is 0. The summed E-state index contributed by atoms with van der Waals surface area (Å²) in [4.78, 5) is 13.2. The molecule has 30 heavy (non-hydrogen) atoms. The Morgan fingerprint density at radius 3 is 2.40 bits per heavy atom. The Bertz CT molecular complexity index is 1020. The van der Waals surface area contributed by atoms with Crippen LogP contribution in [0.2, 0.25) is 5.02 Å². The van der Waals surface area contributed by atoms with Gasteiger partial charge in [-0.05, 0) is 57.2 Å². The Hall–Kier alpha value is -2.24. The zero-order valence-corrected chi connectivity index (χ0v) is 18.6. The van der Waals surface area contributed by atoms with Gasteiger partial charge in [0.25, 0.3) is 0 Å². The third-order valence-electron chi connectivity index (χ3n) is 6.08. The molecule has 1 unspecified atom stereocenters. The van der Waals surface area contributed by atoms with Gasteiger partial charge in [-0.1, -0.05) is 36.9 Å². The van der Waals surface area contributed by atoms with Gasteiger partial charge in [-0.2, -0.15) is 0 Å². The smallest absolute Gasteiger partial charge is 0.159 e. The minimum Gasteiger partial charge on any atom is -0.382 e. The number of fused-ring (bicyclic) bond motifs is 1. The monoisotopic (exact) mass is 424 g/mol. The Kier molecular flexibility index (Phi) is 5.94. The van der Waals surface area contributed by atoms with Crippen LogP contribution in [0.5, 0.6) is 0 Å². The lowest BCUT2D eigenvalue weighted by atomic mass is 9.84. The molecule has 0 aliphatic heterocycles. The van der Waals surface area contributed by atoms with Crippen molar-refractivity contribution in [1.82, 2.24) is 15.0 Å². The third kappa shape index (κ3) is 4.42. The highest BCUT2D eigenvalue weighted by Gasteiger charge is 2.22. The van der Waals surface area contributed by atoms with Gasteiger partial charge in [-0.25, -0.2) is 9.97 Å². The van der Waals surface area contributed by atoms with Gasteiger partial charge in [0.15, 0.2) is 5.82 Å². The van der Waals surface area contributed by atoms with Crippen molar-refractivity contribution in [1.29, 1.82) is 0 Å². The van der Waals surface area contributed by atoms with E-state index in [1.807, 2.05) is 12.1 Å². The molecule has 1 aromatic carbocycles. The normalized spacial score (nSPS) is 16.6. The van der Waals surface area contributed by atoms with Crippen LogP contribution in [-0.4, -0.2) is 26.1 Å². The number of aromatic nitrogens is 3. The Labute approximate surface area is 182 Å². The van der Waals surface area contributed by atoms with Crippen molar-refractivity contribution in [2.24, 2.45) is 5.92 Å². The van der Waals surface area contributed by atoms with Gasteiger partial charge < -0.3 is 10.4 Å². The fourth-order valence-electron chi connectivity index (χ4n) is 4.27. The topological polar surface area (TPSA) is 70.9 Å². The van der Waals surface area contributed by atoms with Crippen molar-refractivity contribution in [2.45, 2.75) is 64.5 Å². The molecule has 158 valence electrons. The summed E-state index contributed by atoms with van der Waals surface area (Å²) in [6, 6.07) is 6.46. The molecule has 3 aromatic rings. The summed E-state index contributed by atoms with van der Waals surface area (Å²) in [5.41, 5.74) is 2.65. The van der Waals surface area contributed by atoms with Gasteiger partial charge in [0.2, 0.25) is 0 Å². The van der Waals surface area contributed by atoms with Gasteiger partial charge in [0, 0.05) is 35.6 Å². The first-order valence-corrected chi connectivity index (χ1v) is 11.1. The van der Waals surface area contributed by atoms with E-state index in [-0.39, 0.29) is 0 Å². The summed E-state index contributed by atoms with van der Waals surface area (Å²) in [6.45, 7) is 5.61. The predicted octanol–water partition coefficient (Wildman–Crippen LogP) is 5.95. The van der Waals surface area contributed by atoms with E-state index in [2.05, 4.69) is 33.3 Å². The molecule has 2 heterocycles. The SMILES string of the molecule is CC(Nc1c(Cl)cnc2ccc(-c3cnc(C(C)(C)O)nc3)cc12)C1CCCCC1. The van der Waals surface area contributed by atoms with E-state index in [0.29, 0.717) is 22.8 Å². The van der Waals surface area contributed by atoms with Crippen LogP contribution < -0.4 is 5.32 Å². The zero-order valence-electron chi connectivity index (χ0n) is 17.8. The van der Waals surface area contributed by atoms with Crippen molar-refractivity contribution < 1.29 is 5.11 Å². The molecule has 0 saturated heterocycles. The number of benzene rings is 1. The highest BCUT2D eigenvalue weighted by Crippen LogP contribution is 2.35. The van der Waals surface area contributed by atoms with Crippen molar-refractivity contribution >= 4 is 28.2 Å². The lowest BCUT2D eigenvalue weighted by molar-refractivity contribution is 0.0687. The molecule has 1 fully saturated rings. The van der Waals surface area contributed by atoms with Gasteiger partial charge in [0.1, 0.15) is 5.60 Å². The molecular weight excluding hydrogens is 396 g/mol. The molecule has 2 N–H and O–H groups in total. The molecule has 0 amide bonds. The molecule has 1 aliphatic rings. The lowest BCUT2D eigenvalue weighted by Crippen LogP contribution is -2.27. The highest BCUT2D eigenvalue weighted by molar-refractivity contribution is 6.34. The molecule has 5 nitrogen and oxygen atoms in total. The van der Waals surface area contributed by atoms with E-state index >= 15 is 0 Å². The maximum Gasteiger partial charge on any atom is 0.159 e.